The topological polar surface area (TPSA) is 73.6 Å². The second-order valence-corrected chi connectivity index (χ2v) is 7.92. The molecular weight excluding hydrogens is 422 g/mol. The molecule has 0 aliphatic carbocycles. The van der Waals surface area contributed by atoms with Crippen molar-refractivity contribution >= 4 is 17.9 Å². The third kappa shape index (κ3) is 6.04. The minimum Gasteiger partial charge on any atom is -0.481 e. The van der Waals surface area contributed by atoms with Crippen molar-refractivity contribution in [2.75, 3.05) is 13.7 Å². The van der Waals surface area contributed by atoms with Crippen LogP contribution < -0.4 is 4.74 Å². The maximum atomic E-state index is 14.8. The molecule has 31 heavy (non-hydrogen) atoms. The van der Waals surface area contributed by atoms with Gasteiger partial charge in [0, 0.05) is 28.6 Å². The average Bonchev–Trinajstić information content (AvgIpc) is 2.75. The smallest absolute Gasteiger partial charge is 0.341 e. The molecule has 0 saturated heterocycles. The fraction of sp³-hybridized carbons (Fsp3) is 0.130. The van der Waals surface area contributed by atoms with Crippen LogP contribution in [0.5, 0.6) is 5.75 Å². The zero-order valence-corrected chi connectivity index (χ0v) is 17.3. The Morgan fingerprint density at radius 1 is 1.16 bits per heavy atom. The van der Waals surface area contributed by atoms with Gasteiger partial charge in [-0.1, -0.05) is 12.1 Å². The number of carboxylic acids is 1. The van der Waals surface area contributed by atoms with Crippen LogP contribution in [-0.2, 0) is 11.3 Å². The molecule has 3 rings (SSSR count). The molecule has 0 spiro atoms. The lowest BCUT2D eigenvalue weighted by Gasteiger charge is -2.18. The summed E-state index contributed by atoms with van der Waals surface area (Å²) in [6, 6.07) is 17.5. The predicted octanol–water partition coefficient (Wildman–Crippen LogP) is 5.11. The number of halogens is 2. The number of rotatable bonds is 8. The monoisotopic (exact) mass is 440 g/mol. The lowest BCUT2D eigenvalue weighted by molar-refractivity contribution is -0.139. The first-order chi connectivity index (χ1) is 14.9. The van der Waals surface area contributed by atoms with Gasteiger partial charge in [-0.15, -0.1) is 0 Å². The Bertz CT molecular complexity index is 1130. The standard InChI is InChI=1S/C23H18F2N2O3S/c1-27(31-19-7-5-18(24)6-8-19)13-17-10-20(16-4-2-3-15(9-16)12-26)22(11-21(17)25)30-14-23(28)29/h2-11H,13-14H2,1H3,(H,28,29). The summed E-state index contributed by atoms with van der Waals surface area (Å²) in [7, 11) is 1.78. The van der Waals surface area contributed by atoms with E-state index in [-0.39, 0.29) is 18.1 Å². The zero-order valence-electron chi connectivity index (χ0n) is 16.5. The number of ether oxygens (including phenoxy) is 1. The zero-order chi connectivity index (χ0) is 22.4. The van der Waals surface area contributed by atoms with Crippen molar-refractivity contribution in [3.05, 3.63) is 83.4 Å². The van der Waals surface area contributed by atoms with E-state index in [2.05, 4.69) is 0 Å². The summed E-state index contributed by atoms with van der Waals surface area (Å²) in [4.78, 5) is 11.7. The quantitative estimate of drug-likeness (QED) is 0.491. The Hall–Kier alpha value is -3.41. The van der Waals surface area contributed by atoms with E-state index in [0.29, 0.717) is 22.3 Å². The van der Waals surface area contributed by atoms with Crippen molar-refractivity contribution < 1.29 is 23.4 Å². The van der Waals surface area contributed by atoms with E-state index in [1.54, 1.807) is 53.8 Å². The molecule has 0 saturated carbocycles. The molecule has 0 heterocycles. The minimum absolute atomic E-state index is 0.0765. The summed E-state index contributed by atoms with van der Waals surface area (Å²) < 4.78 is 35.0. The third-order valence-corrected chi connectivity index (χ3v) is 5.19. The maximum absolute atomic E-state index is 14.8. The lowest BCUT2D eigenvalue weighted by Crippen LogP contribution is -2.12. The van der Waals surface area contributed by atoms with Gasteiger partial charge < -0.3 is 9.84 Å². The Kier molecular flexibility index (Phi) is 7.23. The van der Waals surface area contributed by atoms with Crippen molar-refractivity contribution in [1.82, 2.24) is 4.31 Å². The van der Waals surface area contributed by atoms with E-state index >= 15 is 0 Å². The van der Waals surface area contributed by atoms with Crippen LogP contribution in [0.25, 0.3) is 11.1 Å². The van der Waals surface area contributed by atoms with Crippen LogP contribution in [0, 0.1) is 23.0 Å². The molecule has 0 unspecified atom stereocenters. The molecule has 158 valence electrons. The van der Waals surface area contributed by atoms with Crippen molar-refractivity contribution in [3.8, 4) is 22.9 Å². The number of aliphatic carboxylic acids is 1. The predicted molar refractivity (Wildman–Crippen MR) is 113 cm³/mol. The molecule has 0 aliphatic rings. The lowest BCUT2D eigenvalue weighted by atomic mass is 9.99. The second kappa shape index (κ2) is 10.1. The van der Waals surface area contributed by atoms with Gasteiger partial charge in [0.15, 0.2) is 6.61 Å². The van der Waals surface area contributed by atoms with Crippen LogP contribution in [0.2, 0.25) is 0 Å². The summed E-state index contributed by atoms with van der Waals surface area (Å²) in [5, 5.41) is 18.1. The van der Waals surface area contributed by atoms with Crippen LogP contribution in [0.1, 0.15) is 11.1 Å². The summed E-state index contributed by atoms with van der Waals surface area (Å²) in [6.07, 6.45) is 0. The third-order valence-electron chi connectivity index (χ3n) is 4.27. The van der Waals surface area contributed by atoms with E-state index in [1.807, 2.05) is 6.07 Å². The molecule has 0 fully saturated rings. The van der Waals surface area contributed by atoms with Gasteiger partial charge in [-0.25, -0.2) is 17.9 Å². The molecule has 0 atom stereocenters. The molecule has 8 heteroatoms. The highest BCUT2D eigenvalue weighted by atomic mass is 32.2. The van der Waals surface area contributed by atoms with Crippen molar-refractivity contribution in [2.45, 2.75) is 11.4 Å². The Morgan fingerprint density at radius 3 is 2.58 bits per heavy atom. The van der Waals surface area contributed by atoms with Gasteiger partial charge in [0.2, 0.25) is 0 Å². The Labute approximate surface area is 182 Å². The number of hydrogen-bond donors (Lipinski definition) is 1. The largest absolute Gasteiger partial charge is 0.481 e. The van der Waals surface area contributed by atoms with Gasteiger partial charge in [0.1, 0.15) is 17.4 Å². The highest BCUT2D eigenvalue weighted by molar-refractivity contribution is 7.97. The molecule has 3 aromatic carbocycles. The number of carbonyl (C=O) groups is 1. The molecule has 0 bridgehead atoms. The van der Waals surface area contributed by atoms with E-state index < -0.39 is 18.4 Å². The highest BCUT2D eigenvalue weighted by Crippen LogP contribution is 2.34. The summed E-state index contributed by atoms with van der Waals surface area (Å²) in [5.41, 5.74) is 1.86. The van der Waals surface area contributed by atoms with Crippen LogP contribution in [0.3, 0.4) is 0 Å². The van der Waals surface area contributed by atoms with Crippen LogP contribution >= 0.6 is 11.9 Å². The summed E-state index contributed by atoms with van der Waals surface area (Å²) >= 11 is 1.33. The summed E-state index contributed by atoms with van der Waals surface area (Å²) in [5.74, 6) is -1.99. The van der Waals surface area contributed by atoms with Crippen LogP contribution in [0.4, 0.5) is 8.78 Å². The van der Waals surface area contributed by atoms with Gasteiger partial charge in [0.05, 0.1) is 11.6 Å². The van der Waals surface area contributed by atoms with Gasteiger partial charge in [-0.3, -0.25) is 0 Å². The number of nitrogens with zero attached hydrogens (tertiary/aromatic N) is 2. The van der Waals surface area contributed by atoms with E-state index in [1.165, 1.54) is 24.1 Å². The number of benzene rings is 3. The molecule has 5 nitrogen and oxygen atoms in total. The molecule has 0 amide bonds. The fourth-order valence-corrected chi connectivity index (χ4v) is 3.73. The first-order valence-electron chi connectivity index (χ1n) is 9.18. The van der Waals surface area contributed by atoms with Crippen LogP contribution in [0.15, 0.2) is 65.6 Å². The Balaban J connectivity index is 1.92. The number of carboxylic acid groups (broad SMARTS) is 1. The fourth-order valence-electron chi connectivity index (χ4n) is 2.91. The molecule has 0 aliphatic heterocycles. The molecule has 0 radical (unpaired) electrons. The summed E-state index contributed by atoms with van der Waals surface area (Å²) in [6.45, 7) is -0.401. The van der Waals surface area contributed by atoms with Crippen molar-refractivity contribution in [2.24, 2.45) is 0 Å². The van der Waals surface area contributed by atoms with E-state index in [4.69, 9.17) is 9.84 Å². The van der Waals surface area contributed by atoms with Crippen molar-refractivity contribution in [3.63, 3.8) is 0 Å². The van der Waals surface area contributed by atoms with E-state index in [9.17, 15) is 18.8 Å². The average molecular weight is 440 g/mol. The highest BCUT2D eigenvalue weighted by Gasteiger charge is 2.16. The normalized spacial score (nSPS) is 10.7. The molecule has 1 N–H and O–H groups in total. The number of hydrogen-bond acceptors (Lipinski definition) is 5. The van der Waals surface area contributed by atoms with Gasteiger partial charge >= 0.3 is 5.97 Å². The number of nitriles is 1. The first-order valence-corrected chi connectivity index (χ1v) is 9.95. The maximum Gasteiger partial charge on any atom is 0.341 e. The SMILES string of the molecule is CN(Cc1cc(-c2cccc(C#N)c2)c(OCC(=O)O)cc1F)Sc1ccc(F)cc1. The van der Waals surface area contributed by atoms with Crippen molar-refractivity contribution in [1.29, 1.82) is 5.26 Å². The minimum atomic E-state index is -1.18. The van der Waals surface area contributed by atoms with Gasteiger partial charge in [-0.05, 0) is 67.0 Å². The second-order valence-electron chi connectivity index (χ2n) is 6.65. The molecular formula is C23H18F2N2O3S. The van der Waals surface area contributed by atoms with Gasteiger partial charge in [-0.2, -0.15) is 5.26 Å². The first kappa shape index (κ1) is 22.3. The van der Waals surface area contributed by atoms with Crippen LogP contribution in [-0.4, -0.2) is 29.0 Å². The van der Waals surface area contributed by atoms with Gasteiger partial charge in [0.25, 0.3) is 0 Å². The van der Waals surface area contributed by atoms with E-state index in [0.717, 1.165) is 11.0 Å². The molecule has 3 aromatic rings. The Morgan fingerprint density at radius 2 is 1.90 bits per heavy atom. The molecule has 0 aromatic heterocycles.